The van der Waals surface area contributed by atoms with Gasteiger partial charge in [-0.2, -0.15) is 0 Å². The molecular formula is C21H22N2O7S. The largest absolute Gasteiger partial charge is 0.497 e. The van der Waals surface area contributed by atoms with E-state index in [4.69, 9.17) is 9.47 Å². The number of hydrogen-bond acceptors (Lipinski definition) is 7. The van der Waals surface area contributed by atoms with Crippen LogP contribution in [0.4, 0.5) is 11.4 Å². The van der Waals surface area contributed by atoms with Gasteiger partial charge in [-0.3, -0.25) is 14.4 Å². The molecule has 0 saturated heterocycles. The molecule has 0 radical (unpaired) electrons. The SMILES string of the molecule is COc1ccc(NC(=O)CS(=O)(=O)C(C)C(=O)c2ccc3c(c2)NC(=O)C(C)O3)cc1. The van der Waals surface area contributed by atoms with Crippen molar-refractivity contribution in [2.75, 3.05) is 23.5 Å². The Kier molecular flexibility index (Phi) is 6.30. The minimum Gasteiger partial charge on any atom is -0.497 e. The first-order chi connectivity index (χ1) is 14.6. The summed E-state index contributed by atoms with van der Waals surface area (Å²) in [6, 6.07) is 10.7. The first-order valence-electron chi connectivity index (χ1n) is 9.42. The van der Waals surface area contributed by atoms with Crippen molar-refractivity contribution in [3.8, 4) is 11.5 Å². The van der Waals surface area contributed by atoms with Crippen LogP contribution in [-0.4, -0.2) is 50.2 Å². The molecule has 0 spiro atoms. The average Bonchev–Trinajstić information content (AvgIpc) is 2.73. The molecule has 164 valence electrons. The van der Waals surface area contributed by atoms with Crippen LogP contribution >= 0.6 is 0 Å². The first kappa shape index (κ1) is 22.3. The van der Waals surface area contributed by atoms with Crippen molar-refractivity contribution in [2.24, 2.45) is 0 Å². The topological polar surface area (TPSA) is 128 Å². The van der Waals surface area contributed by atoms with E-state index in [0.717, 1.165) is 0 Å². The van der Waals surface area contributed by atoms with E-state index in [1.165, 1.54) is 32.2 Å². The number of fused-ring (bicyclic) bond motifs is 1. The van der Waals surface area contributed by atoms with Gasteiger partial charge in [0.15, 0.2) is 21.7 Å². The number of hydrogen-bond donors (Lipinski definition) is 2. The number of benzene rings is 2. The van der Waals surface area contributed by atoms with Crippen molar-refractivity contribution in [3.05, 3.63) is 48.0 Å². The molecule has 0 fully saturated rings. The summed E-state index contributed by atoms with van der Waals surface area (Å²) in [6.45, 7) is 2.82. The second-order valence-electron chi connectivity index (χ2n) is 7.05. The van der Waals surface area contributed by atoms with Crippen LogP contribution in [0.2, 0.25) is 0 Å². The van der Waals surface area contributed by atoms with E-state index in [9.17, 15) is 22.8 Å². The second kappa shape index (κ2) is 8.76. The van der Waals surface area contributed by atoms with Crippen LogP contribution in [-0.2, 0) is 19.4 Å². The van der Waals surface area contributed by atoms with Crippen LogP contribution in [0.25, 0.3) is 0 Å². The van der Waals surface area contributed by atoms with Crippen LogP contribution in [0.15, 0.2) is 42.5 Å². The van der Waals surface area contributed by atoms with Gasteiger partial charge in [0.25, 0.3) is 5.91 Å². The van der Waals surface area contributed by atoms with E-state index in [-0.39, 0.29) is 17.2 Å². The summed E-state index contributed by atoms with van der Waals surface area (Å²) in [5, 5.41) is 3.64. The number of rotatable bonds is 7. The number of carbonyl (C=O) groups is 3. The monoisotopic (exact) mass is 446 g/mol. The third-order valence-corrected chi connectivity index (χ3v) is 6.76. The fourth-order valence-electron chi connectivity index (χ4n) is 2.94. The van der Waals surface area contributed by atoms with Crippen molar-refractivity contribution in [1.29, 1.82) is 0 Å². The lowest BCUT2D eigenvalue weighted by molar-refractivity contribution is -0.122. The van der Waals surface area contributed by atoms with E-state index < -0.39 is 38.6 Å². The minimum atomic E-state index is -4.09. The molecule has 9 nitrogen and oxygen atoms in total. The number of amides is 2. The summed E-state index contributed by atoms with van der Waals surface area (Å²) in [4.78, 5) is 36.7. The Hall–Kier alpha value is -3.40. The average molecular weight is 446 g/mol. The predicted molar refractivity (Wildman–Crippen MR) is 114 cm³/mol. The fourth-order valence-corrected chi connectivity index (χ4v) is 4.09. The van der Waals surface area contributed by atoms with E-state index in [2.05, 4.69) is 10.6 Å². The van der Waals surface area contributed by atoms with Crippen molar-refractivity contribution < 1.29 is 32.3 Å². The third-order valence-electron chi connectivity index (χ3n) is 4.81. The highest BCUT2D eigenvalue weighted by Crippen LogP contribution is 2.31. The van der Waals surface area contributed by atoms with E-state index in [1.807, 2.05) is 0 Å². The van der Waals surface area contributed by atoms with E-state index >= 15 is 0 Å². The molecule has 2 aromatic carbocycles. The number of Topliss-reactive ketones (excluding diaryl/α,β-unsaturated/α-hetero) is 1. The maximum atomic E-state index is 12.8. The highest BCUT2D eigenvalue weighted by Gasteiger charge is 2.32. The molecule has 10 heteroatoms. The molecule has 2 atom stereocenters. The summed E-state index contributed by atoms with van der Waals surface area (Å²) in [5.74, 6) is -1.69. The van der Waals surface area contributed by atoms with Gasteiger partial charge in [0.1, 0.15) is 22.5 Å². The molecule has 0 aliphatic carbocycles. The molecule has 2 aromatic rings. The van der Waals surface area contributed by atoms with Gasteiger partial charge in [0.2, 0.25) is 5.91 Å². The molecule has 1 heterocycles. The Morgan fingerprint density at radius 1 is 1.19 bits per heavy atom. The van der Waals surface area contributed by atoms with Gasteiger partial charge in [-0.05, 0) is 56.3 Å². The Bertz CT molecular complexity index is 1130. The summed E-state index contributed by atoms with van der Waals surface area (Å²) < 4.78 is 35.7. The van der Waals surface area contributed by atoms with E-state index in [0.29, 0.717) is 17.2 Å². The van der Waals surface area contributed by atoms with Crippen LogP contribution in [0.3, 0.4) is 0 Å². The molecule has 0 bridgehead atoms. The Labute approximate surface area is 179 Å². The molecule has 0 aromatic heterocycles. The molecule has 2 unspecified atom stereocenters. The number of ether oxygens (including phenoxy) is 2. The summed E-state index contributed by atoms with van der Waals surface area (Å²) in [5.41, 5.74) is 0.777. The van der Waals surface area contributed by atoms with Crippen LogP contribution < -0.4 is 20.1 Å². The third kappa shape index (κ3) is 5.02. The lowest BCUT2D eigenvalue weighted by Gasteiger charge is -2.23. The number of anilines is 2. The molecule has 2 amide bonds. The van der Waals surface area contributed by atoms with Crippen molar-refractivity contribution >= 4 is 38.8 Å². The van der Waals surface area contributed by atoms with Crippen molar-refractivity contribution in [2.45, 2.75) is 25.2 Å². The smallest absolute Gasteiger partial charge is 0.265 e. The fraction of sp³-hybridized carbons (Fsp3) is 0.286. The van der Waals surface area contributed by atoms with Crippen LogP contribution in [0.1, 0.15) is 24.2 Å². The molecule has 0 saturated carbocycles. The zero-order valence-corrected chi connectivity index (χ0v) is 18.0. The number of carbonyl (C=O) groups excluding carboxylic acids is 3. The number of nitrogens with one attached hydrogen (secondary N) is 2. The van der Waals surface area contributed by atoms with Gasteiger partial charge >= 0.3 is 0 Å². The maximum Gasteiger partial charge on any atom is 0.265 e. The van der Waals surface area contributed by atoms with Crippen LogP contribution in [0, 0.1) is 0 Å². The number of sulfone groups is 1. The predicted octanol–water partition coefficient (Wildman–Crippen LogP) is 2.04. The first-order valence-corrected chi connectivity index (χ1v) is 11.1. The van der Waals surface area contributed by atoms with Gasteiger partial charge in [-0.15, -0.1) is 0 Å². The summed E-state index contributed by atoms with van der Waals surface area (Å²) in [6.07, 6.45) is -0.669. The van der Waals surface area contributed by atoms with Crippen molar-refractivity contribution in [1.82, 2.24) is 0 Å². The van der Waals surface area contributed by atoms with Gasteiger partial charge in [-0.25, -0.2) is 8.42 Å². The zero-order chi connectivity index (χ0) is 22.8. The second-order valence-corrected chi connectivity index (χ2v) is 9.37. The molecule has 2 N–H and O–H groups in total. The standard InChI is InChI=1S/C21H22N2O7S/c1-12-21(26)23-17-10-14(4-9-18(17)30-12)20(25)13(2)31(27,28)11-19(24)22-15-5-7-16(29-3)8-6-15/h4-10,12-13H,11H2,1-3H3,(H,22,24)(H,23,26). The molecule has 1 aliphatic rings. The Morgan fingerprint density at radius 2 is 1.87 bits per heavy atom. The quantitative estimate of drug-likeness (QED) is 0.623. The summed E-state index contributed by atoms with van der Waals surface area (Å²) in [7, 11) is -2.58. The Balaban J connectivity index is 1.69. The normalized spacial score (nSPS) is 16.4. The number of methoxy groups -OCH3 is 1. The van der Waals surface area contributed by atoms with Gasteiger partial charge in [-0.1, -0.05) is 0 Å². The van der Waals surface area contributed by atoms with Gasteiger partial charge in [0.05, 0.1) is 12.8 Å². The molecule has 31 heavy (non-hydrogen) atoms. The van der Waals surface area contributed by atoms with Crippen molar-refractivity contribution in [3.63, 3.8) is 0 Å². The van der Waals surface area contributed by atoms with Gasteiger partial charge in [0, 0.05) is 11.3 Å². The number of ketones is 1. The van der Waals surface area contributed by atoms with E-state index in [1.54, 1.807) is 31.2 Å². The lowest BCUT2D eigenvalue weighted by atomic mass is 10.1. The highest BCUT2D eigenvalue weighted by atomic mass is 32.2. The minimum absolute atomic E-state index is 0.0869. The molecule has 1 aliphatic heterocycles. The Morgan fingerprint density at radius 3 is 2.52 bits per heavy atom. The van der Waals surface area contributed by atoms with Crippen LogP contribution in [0.5, 0.6) is 11.5 Å². The summed E-state index contributed by atoms with van der Waals surface area (Å²) >= 11 is 0. The highest BCUT2D eigenvalue weighted by molar-refractivity contribution is 7.93. The maximum absolute atomic E-state index is 12.8. The van der Waals surface area contributed by atoms with Gasteiger partial charge < -0.3 is 20.1 Å². The lowest BCUT2D eigenvalue weighted by Crippen LogP contribution is -2.35. The zero-order valence-electron chi connectivity index (χ0n) is 17.2. The molecular weight excluding hydrogens is 424 g/mol. The molecule has 3 rings (SSSR count).